The van der Waals surface area contributed by atoms with Crippen LogP contribution in [0.15, 0.2) is 66.0 Å². The van der Waals surface area contributed by atoms with Gasteiger partial charge in [-0.05, 0) is 28.1 Å². The van der Waals surface area contributed by atoms with Gasteiger partial charge in [0.25, 0.3) is 0 Å². The molecule has 0 aliphatic heterocycles. The first-order chi connectivity index (χ1) is 10.3. The summed E-state index contributed by atoms with van der Waals surface area (Å²) in [6, 6.07) is 20.6. The van der Waals surface area contributed by atoms with Crippen LogP contribution in [0.4, 0.5) is 0 Å². The second-order valence-corrected chi connectivity index (χ2v) is 5.77. The number of thiophene rings is 1. The molecule has 3 rings (SSSR count). The number of ether oxygens (including phenoxy) is 1. The third kappa shape index (κ3) is 2.84. The summed E-state index contributed by atoms with van der Waals surface area (Å²) in [7, 11) is 1.68. The molecule has 2 nitrogen and oxygen atoms in total. The van der Waals surface area contributed by atoms with E-state index < -0.39 is 0 Å². The molecule has 0 saturated carbocycles. The van der Waals surface area contributed by atoms with E-state index in [0.717, 1.165) is 16.2 Å². The van der Waals surface area contributed by atoms with Crippen molar-refractivity contribution in [2.45, 2.75) is 6.04 Å². The monoisotopic (exact) mass is 295 g/mol. The maximum atomic E-state index is 6.36. The van der Waals surface area contributed by atoms with Gasteiger partial charge in [0.05, 0.1) is 18.0 Å². The van der Waals surface area contributed by atoms with Crippen molar-refractivity contribution in [2.75, 3.05) is 7.11 Å². The molecule has 1 heterocycles. The first-order valence-corrected chi connectivity index (χ1v) is 7.70. The molecule has 1 atom stereocenters. The Bertz CT molecular complexity index is 704. The summed E-state index contributed by atoms with van der Waals surface area (Å²) in [5.41, 5.74) is 9.86. The molecule has 3 aromatic rings. The summed E-state index contributed by atoms with van der Waals surface area (Å²) in [5.74, 6) is 0.861. The van der Waals surface area contributed by atoms with Crippen molar-refractivity contribution in [3.63, 3.8) is 0 Å². The van der Waals surface area contributed by atoms with Crippen molar-refractivity contribution in [3.8, 4) is 16.9 Å². The van der Waals surface area contributed by atoms with E-state index in [9.17, 15) is 0 Å². The molecule has 1 unspecified atom stereocenters. The van der Waals surface area contributed by atoms with Crippen molar-refractivity contribution in [1.29, 1.82) is 0 Å². The molecule has 0 amide bonds. The summed E-state index contributed by atoms with van der Waals surface area (Å²) in [6.45, 7) is 0. The van der Waals surface area contributed by atoms with Gasteiger partial charge in [-0.3, -0.25) is 0 Å². The molecule has 0 saturated heterocycles. The van der Waals surface area contributed by atoms with Crippen LogP contribution in [0.25, 0.3) is 11.1 Å². The fourth-order valence-electron chi connectivity index (χ4n) is 2.37. The van der Waals surface area contributed by atoms with Crippen molar-refractivity contribution in [1.82, 2.24) is 0 Å². The lowest BCUT2D eigenvalue weighted by atomic mass is 10.0. The highest BCUT2D eigenvalue weighted by Crippen LogP contribution is 2.33. The normalized spacial score (nSPS) is 12.1. The largest absolute Gasteiger partial charge is 0.496 e. The zero-order valence-electron chi connectivity index (χ0n) is 11.8. The average Bonchev–Trinajstić information content (AvgIpc) is 3.04. The number of rotatable bonds is 4. The predicted molar refractivity (Wildman–Crippen MR) is 88.8 cm³/mol. The number of nitrogens with two attached hydrogens (primary N) is 1. The van der Waals surface area contributed by atoms with Crippen LogP contribution >= 0.6 is 11.3 Å². The predicted octanol–water partition coefficient (Wildman–Crippen LogP) is 4.47. The lowest BCUT2D eigenvalue weighted by molar-refractivity contribution is 0.411. The fraction of sp³-hybridized carbons (Fsp3) is 0.111. The van der Waals surface area contributed by atoms with Gasteiger partial charge in [-0.15, -0.1) is 11.3 Å². The number of hydrogen-bond donors (Lipinski definition) is 1. The molecule has 0 aliphatic carbocycles. The van der Waals surface area contributed by atoms with Crippen LogP contribution in [-0.2, 0) is 0 Å². The minimum absolute atomic E-state index is 0.148. The average molecular weight is 295 g/mol. The van der Waals surface area contributed by atoms with E-state index >= 15 is 0 Å². The topological polar surface area (TPSA) is 35.2 Å². The van der Waals surface area contributed by atoms with E-state index in [4.69, 9.17) is 10.5 Å². The first kappa shape index (κ1) is 13.9. The van der Waals surface area contributed by atoms with Gasteiger partial charge in [-0.25, -0.2) is 0 Å². The molecule has 21 heavy (non-hydrogen) atoms. The van der Waals surface area contributed by atoms with Crippen LogP contribution in [-0.4, -0.2) is 7.11 Å². The van der Waals surface area contributed by atoms with Gasteiger partial charge in [0.15, 0.2) is 0 Å². The van der Waals surface area contributed by atoms with E-state index in [2.05, 4.69) is 36.4 Å². The molecule has 0 radical (unpaired) electrons. The number of methoxy groups -OCH3 is 1. The molecule has 0 spiro atoms. The lowest BCUT2D eigenvalue weighted by Crippen LogP contribution is -2.11. The highest BCUT2D eigenvalue weighted by atomic mass is 32.1. The van der Waals surface area contributed by atoms with Crippen LogP contribution in [0.2, 0.25) is 0 Å². The summed E-state index contributed by atoms with van der Waals surface area (Å²) >= 11 is 1.63. The van der Waals surface area contributed by atoms with Crippen LogP contribution < -0.4 is 10.5 Å². The fourth-order valence-corrected chi connectivity index (χ4v) is 3.26. The zero-order valence-corrected chi connectivity index (χ0v) is 12.6. The number of benzene rings is 2. The molecule has 106 valence electrons. The Morgan fingerprint density at radius 2 is 1.57 bits per heavy atom. The van der Waals surface area contributed by atoms with Crippen LogP contribution in [0, 0.1) is 0 Å². The Morgan fingerprint density at radius 3 is 2.24 bits per heavy atom. The second-order valence-electron chi connectivity index (χ2n) is 4.82. The second kappa shape index (κ2) is 6.12. The van der Waals surface area contributed by atoms with E-state index in [-0.39, 0.29) is 6.04 Å². The first-order valence-electron chi connectivity index (χ1n) is 6.82. The van der Waals surface area contributed by atoms with E-state index in [0.29, 0.717) is 0 Å². The summed E-state index contributed by atoms with van der Waals surface area (Å²) in [5, 5.41) is 2.01. The van der Waals surface area contributed by atoms with Crippen LogP contribution in [0.5, 0.6) is 5.75 Å². The highest BCUT2D eigenvalue weighted by molar-refractivity contribution is 7.10. The Kier molecular flexibility index (Phi) is 4.04. The third-order valence-electron chi connectivity index (χ3n) is 3.54. The minimum Gasteiger partial charge on any atom is -0.496 e. The standard InChI is InChI=1S/C18H17NOS/c1-20-16-11-12-21-18(16)17(19)15-9-7-14(8-10-15)13-5-3-2-4-6-13/h2-12,17H,19H2,1H3. The molecule has 1 aromatic heterocycles. The molecule has 2 aromatic carbocycles. The van der Waals surface area contributed by atoms with Gasteiger partial charge in [-0.2, -0.15) is 0 Å². The maximum absolute atomic E-state index is 6.36. The highest BCUT2D eigenvalue weighted by Gasteiger charge is 2.15. The molecule has 0 fully saturated rings. The Morgan fingerprint density at radius 1 is 0.905 bits per heavy atom. The van der Waals surface area contributed by atoms with Crippen molar-refractivity contribution in [3.05, 3.63) is 76.5 Å². The van der Waals surface area contributed by atoms with Crippen molar-refractivity contribution >= 4 is 11.3 Å². The molecule has 0 bridgehead atoms. The maximum Gasteiger partial charge on any atom is 0.134 e. The summed E-state index contributed by atoms with van der Waals surface area (Å²) < 4.78 is 5.35. The molecule has 3 heteroatoms. The molecule has 0 aliphatic rings. The van der Waals surface area contributed by atoms with Crippen molar-refractivity contribution in [2.24, 2.45) is 5.73 Å². The smallest absolute Gasteiger partial charge is 0.134 e. The van der Waals surface area contributed by atoms with Gasteiger partial charge >= 0.3 is 0 Å². The third-order valence-corrected chi connectivity index (χ3v) is 4.52. The van der Waals surface area contributed by atoms with Gasteiger partial charge in [0, 0.05) is 0 Å². The van der Waals surface area contributed by atoms with Gasteiger partial charge in [0.1, 0.15) is 5.75 Å². The Hall–Kier alpha value is -2.10. The van der Waals surface area contributed by atoms with Gasteiger partial charge in [0.2, 0.25) is 0 Å². The van der Waals surface area contributed by atoms with Crippen molar-refractivity contribution < 1.29 is 4.74 Å². The summed E-state index contributed by atoms with van der Waals surface area (Å²) in [4.78, 5) is 1.06. The van der Waals surface area contributed by atoms with Crippen LogP contribution in [0.1, 0.15) is 16.5 Å². The van der Waals surface area contributed by atoms with Crippen LogP contribution in [0.3, 0.4) is 0 Å². The number of hydrogen-bond acceptors (Lipinski definition) is 3. The Labute approximate surface area is 128 Å². The summed E-state index contributed by atoms with van der Waals surface area (Å²) in [6.07, 6.45) is 0. The molecule has 2 N–H and O–H groups in total. The quantitative estimate of drug-likeness (QED) is 0.770. The van der Waals surface area contributed by atoms with E-state index in [1.165, 1.54) is 11.1 Å². The van der Waals surface area contributed by atoms with E-state index in [1.807, 2.05) is 29.6 Å². The zero-order chi connectivity index (χ0) is 14.7. The van der Waals surface area contributed by atoms with E-state index in [1.54, 1.807) is 18.4 Å². The molecular formula is C18H17NOS. The lowest BCUT2D eigenvalue weighted by Gasteiger charge is -2.13. The molecular weight excluding hydrogens is 278 g/mol. The van der Waals surface area contributed by atoms with Gasteiger partial charge < -0.3 is 10.5 Å². The minimum atomic E-state index is -0.148. The Balaban J connectivity index is 1.87. The SMILES string of the molecule is COc1ccsc1C(N)c1ccc(-c2ccccc2)cc1. The van der Waals surface area contributed by atoms with Gasteiger partial charge in [-0.1, -0.05) is 54.6 Å².